The van der Waals surface area contributed by atoms with Gasteiger partial charge in [0.05, 0.1) is 39.6 Å². The molecule has 2 aliphatic rings. The summed E-state index contributed by atoms with van der Waals surface area (Å²) in [6.45, 7) is 1.81. The number of hydrogen-bond donors (Lipinski definition) is 6. The molecular weight excluding hydrogens is 288 g/mol. The summed E-state index contributed by atoms with van der Waals surface area (Å²) in [4.78, 5) is 0. The van der Waals surface area contributed by atoms with Crippen molar-refractivity contribution in [2.24, 2.45) is 0 Å². The molecule has 6 atom stereocenters. The third-order valence-electron chi connectivity index (χ3n) is 2.92. The number of hydrogen-bond acceptors (Lipinski definition) is 9. The van der Waals surface area contributed by atoms with Gasteiger partial charge in [0.1, 0.15) is 36.6 Å². The summed E-state index contributed by atoms with van der Waals surface area (Å²) in [5, 5.41) is 52.2. The fourth-order valence-electron chi connectivity index (χ4n) is 1.33. The Bertz CT molecular complexity index is 243. The van der Waals surface area contributed by atoms with Crippen LogP contribution in [0, 0.1) is 0 Å². The van der Waals surface area contributed by atoms with Gasteiger partial charge in [0, 0.05) is 0 Å². The van der Waals surface area contributed by atoms with E-state index in [4.69, 9.17) is 44.8 Å². The Hall–Kier alpha value is -0.360. The number of aliphatic hydroxyl groups excluding tert-OH is 6. The third kappa shape index (κ3) is 8.00. The van der Waals surface area contributed by atoms with Crippen LogP contribution in [0.4, 0.5) is 0 Å². The molecule has 0 aromatic carbocycles. The van der Waals surface area contributed by atoms with Gasteiger partial charge in [-0.05, 0) is 0 Å². The molecule has 2 fully saturated rings. The molecule has 0 aromatic rings. The number of epoxide rings is 2. The van der Waals surface area contributed by atoms with E-state index >= 15 is 0 Å². The van der Waals surface area contributed by atoms with Gasteiger partial charge in [-0.15, -0.1) is 0 Å². The lowest BCUT2D eigenvalue weighted by molar-refractivity contribution is -0.123. The Morgan fingerprint density at radius 3 is 1.38 bits per heavy atom. The van der Waals surface area contributed by atoms with Crippen molar-refractivity contribution < 1.29 is 44.8 Å². The average Bonchev–Trinajstić information content (AvgIpc) is 3.39. The molecule has 0 radical (unpaired) electrons. The van der Waals surface area contributed by atoms with Gasteiger partial charge < -0.3 is 44.8 Å². The van der Waals surface area contributed by atoms with E-state index in [0.717, 1.165) is 26.4 Å². The molecule has 21 heavy (non-hydrogen) atoms. The summed E-state index contributed by atoms with van der Waals surface area (Å²) < 4.78 is 15.1. The van der Waals surface area contributed by atoms with Gasteiger partial charge >= 0.3 is 0 Å². The van der Waals surface area contributed by atoms with E-state index in [2.05, 4.69) is 0 Å². The molecule has 2 unspecified atom stereocenters. The topological polar surface area (TPSA) is 156 Å². The van der Waals surface area contributed by atoms with Gasteiger partial charge in [-0.3, -0.25) is 0 Å². The van der Waals surface area contributed by atoms with E-state index in [1.54, 1.807) is 0 Å². The molecule has 126 valence electrons. The van der Waals surface area contributed by atoms with Crippen LogP contribution in [-0.4, -0.2) is 107 Å². The molecule has 6 N–H and O–H groups in total. The maximum Gasteiger partial charge on any atom is 0.111 e. The summed E-state index contributed by atoms with van der Waals surface area (Å²) in [5.41, 5.74) is 0. The van der Waals surface area contributed by atoms with Crippen LogP contribution in [0.1, 0.15) is 0 Å². The smallest absolute Gasteiger partial charge is 0.111 e. The van der Waals surface area contributed by atoms with Crippen molar-refractivity contribution in [3.63, 3.8) is 0 Å². The lowest BCUT2D eigenvalue weighted by Crippen LogP contribution is -2.46. The predicted octanol–water partition coefficient (Wildman–Crippen LogP) is -3.78. The Labute approximate surface area is 122 Å². The van der Waals surface area contributed by atoms with E-state index < -0.39 is 37.6 Å². The maximum atomic E-state index is 8.96. The molecule has 0 saturated carbocycles. The summed E-state index contributed by atoms with van der Waals surface area (Å²) in [6, 6.07) is 0. The Morgan fingerprint density at radius 2 is 1.14 bits per heavy atom. The SMILES string of the molecule is C(OCC1CO1)C1CO1.OC[C@@H](O)[C@@H](O)[C@H](O)[C@@H](O)CO. The number of aliphatic hydroxyl groups is 6. The van der Waals surface area contributed by atoms with E-state index in [-0.39, 0.29) is 0 Å². The van der Waals surface area contributed by atoms with Gasteiger partial charge in [0.15, 0.2) is 0 Å². The second kappa shape index (κ2) is 9.62. The van der Waals surface area contributed by atoms with Crippen molar-refractivity contribution in [1.29, 1.82) is 0 Å². The van der Waals surface area contributed by atoms with Crippen molar-refractivity contribution in [1.82, 2.24) is 0 Å². The molecule has 2 rings (SSSR count). The van der Waals surface area contributed by atoms with Crippen LogP contribution in [0.3, 0.4) is 0 Å². The monoisotopic (exact) mass is 312 g/mol. The van der Waals surface area contributed by atoms with Crippen LogP contribution in [0.25, 0.3) is 0 Å². The van der Waals surface area contributed by atoms with Crippen molar-refractivity contribution in [3.05, 3.63) is 0 Å². The minimum Gasteiger partial charge on any atom is -0.394 e. The molecule has 2 aliphatic heterocycles. The standard InChI is InChI=1S/C6H14O6.C6H10O3/c7-1-3(9)5(11)6(12)4(10)2-8;1(5-3-8-5)7-2-6-4-9-6/h3-12H,1-2H2;5-6H,1-4H2/t3-,4+,5-,6-;/m1./s1. The third-order valence-corrected chi connectivity index (χ3v) is 2.92. The molecule has 0 aromatic heterocycles. The highest BCUT2D eigenvalue weighted by Gasteiger charge is 2.29. The van der Waals surface area contributed by atoms with Crippen LogP contribution in [0.15, 0.2) is 0 Å². The first-order valence-corrected chi connectivity index (χ1v) is 6.74. The second-order valence-corrected chi connectivity index (χ2v) is 4.93. The molecule has 9 heteroatoms. The van der Waals surface area contributed by atoms with E-state index in [1.165, 1.54) is 0 Å². The largest absolute Gasteiger partial charge is 0.394 e. The fraction of sp³-hybridized carbons (Fsp3) is 1.00. The molecule has 2 saturated heterocycles. The first-order valence-electron chi connectivity index (χ1n) is 6.74. The van der Waals surface area contributed by atoms with Crippen molar-refractivity contribution in [2.45, 2.75) is 36.6 Å². The van der Waals surface area contributed by atoms with Gasteiger partial charge in [0.25, 0.3) is 0 Å². The summed E-state index contributed by atoms with van der Waals surface area (Å²) in [6.07, 6.45) is -5.61. The molecule has 0 spiro atoms. The Morgan fingerprint density at radius 1 is 0.810 bits per heavy atom. The van der Waals surface area contributed by atoms with Crippen LogP contribution in [0.5, 0.6) is 0 Å². The van der Waals surface area contributed by atoms with Crippen LogP contribution < -0.4 is 0 Å². The lowest BCUT2D eigenvalue weighted by Gasteiger charge is -2.24. The van der Waals surface area contributed by atoms with Crippen molar-refractivity contribution in [3.8, 4) is 0 Å². The number of rotatable bonds is 9. The first-order chi connectivity index (χ1) is 9.99. The minimum atomic E-state index is -1.67. The summed E-state index contributed by atoms with van der Waals surface area (Å²) in [5.74, 6) is 0. The molecular formula is C12H24O9. The molecule has 0 bridgehead atoms. The van der Waals surface area contributed by atoms with Gasteiger partial charge in [-0.25, -0.2) is 0 Å². The first kappa shape index (κ1) is 18.7. The summed E-state index contributed by atoms with van der Waals surface area (Å²) >= 11 is 0. The second-order valence-electron chi connectivity index (χ2n) is 4.93. The zero-order valence-electron chi connectivity index (χ0n) is 11.6. The molecule has 2 heterocycles. The predicted molar refractivity (Wildman–Crippen MR) is 68.5 cm³/mol. The number of ether oxygens (including phenoxy) is 3. The highest BCUT2D eigenvalue weighted by atomic mass is 16.6. The van der Waals surface area contributed by atoms with Gasteiger partial charge in [-0.1, -0.05) is 0 Å². The molecule has 9 nitrogen and oxygen atoms in total. The minimum absolute atomic E-state index is 0.392. The van der Waals surface area contributed by atoms with Crippen LogP contribution in [0.2, 0.25) is 0 Å². The maximum absolute atomic E-state index is 8.96. The average molecular weight is 312 g/mol. The van der Waals surface area contributed by atoms with E-state index in [0.29, 0.717) is 12.2 Å². The zero-order chi connectivity index (χ0) is 15.8. The Balaban J connectivity index is 0.000000216. The lowest BCUT2D eigenvalue weighted by atomic mass is 10.0. The van der Waals surface area contributed by atoms with Crippen LogP contribution in [-0.2, 0) is 14.2 Å². The Kier molecular flexibility index (Phi) is 8.56. The van der Waals surface area contributed by atoms with E-state index in [9.17, 15) is 0 Å². The van der Waals surface area contributed by atoms with Gasteiger partial charge in [-0.2, -0.15) is 0 Å². The fourth-order valence-corrected chi connectivity index (χ4v) is 1.33. The highest BCUT2D eigenvalue weighted by molar-refractivity contribution is 4.79. The molecule has 0 amide bonds. The quantitative estimate of drug-likeness (QED) is 0.235. The molecule has 0 aliphatic carbocycles. The summed E-state index contributed by atoms with van der Waals surface area (Å²) in [7, 11) is 0. The highest BCUT2D eigenvalue weighted by Crippen LogP contribution is 2.12. The normalized spacial score (nSPS) is 28.9. The zero-order valence-corrected chi connectivity index (χ0v) is 11.6. The van der Waals surface area contributed by atoms with Crippen molar-refractivity contribution in [2.75, 3.05) is 39.6 Å². The van der Waals surface area contributed by atoms with Crippen molar-refractivity contribution >= 4 is 0 Å². The van der Waals surface area contributed by atoms with E-state index in [1.807, 2.05) is 0 Å². The van der Waals surface area contributed by atoms with Gasteiger partial charge in [0.2, 0.25) is 0 Å². The van der Waals surface area contributed by atoms with Crippen LogP contribution >= 0.6 is 0 Å².